The van der Waals surface area contributed by atoms with Gasteiger partial charge in [0.1, 0.15) is 11.5 Å². The third kappa shape index (κ3) is 6.07. The summed E-state index contributed by atoms with van der Waals surface area (Å²) in [5, 5.41) is 2.73. The van der Waals surface area contributed by atoms with Gasteiger partial charge in [-0.3, -0.25) is 4.79 Å². The van der Waals surface area contributed by atoms with E-state index in [9.17, 15) is 9.59 Å². The van der Waals surface area contributed by atoms with Crippen molar-refractivity contribution in [1.82, 2.24) is 0 Å². The first-order valence-corrected chi connectivity index (χ1v) is 8.29. The van der Waals surface area contributed by atoms with E-state index in [4.69, 9.17) is 18.9 Å². The van der Waals surface area contributed by atoms with Gasteiger partial charge in [0.25, 0.3) is 5.91 Å². The van der Waals surface area contributed by atoms with E-state index in [0.717, 1.165) is 0 Å². The molecule has 2 unspecified atom stereocenters. The maximum absolute atomic E-state index is 12.6. The molecule has 1 amide bonds. The number of ether oxygens (including phenoxy) is 4. The highest BCUT2D eigenvalue weighted by Crippen LogP contribution is 2.29. The van der Waals surface area contributed by atoms with E-state index in [1.807, 2.05) is 0 Å². The van der Waals surface area contributed by atoms with E-state index >= 15 is 0 Å². The first kappa shape index (κ1) is 21.5. The largest absolute Gasteiger partial charge is 0.497 e. The molecule has 1 N–H and O–H groups in total. The van der Waals surface area contributed by atoms with E-state index in [0.29, 0.717) is 17.2 Å². The fraction of sp³-hybridized carbons (Fsp3) is 0.474. The second-order valence-electron chi connectivity index (χ2n) is 5.92. The summed E-state index contributed by atoms with van der Waals surface area (Å²) in [5.41, 5.74) is 0.455. The van der Waals surface area contributed by atoms with E-state index < -0.39 is 24.1 Å². The van der Waals surface area contributed by atoms with Gasteiger partial charge in [-0.1, -0.05) is 19.9 Å². The predicted octanol–water partition coefficient (Wildman–Crippen LogP) is 2.80. The van der Waals surface area contributed by atoms with E-state index in [-0.39, 0.29) is 12.5 Å². The Morgan fingerprint density at radius 3 is 2.42 bits per heavy atom. The Morgan fingerprint density at radius 1 is 1.19 bits per heavy atom. The van der Waals surface area contributed by atoms with Gasteiger partial charge in [0.2, 0.25) is 0 Å². The van der Waals surface area contributed by atoms with Crippen LogP contribution in [0.15, 0.2) is 30.9 Å². The highest BCUT2D eigenvalue weighted by atomic mass is 16.6. The Labute approximate surface area is 154 Å². The third-order valence-electron chi connectivity index (χ3n) is 3.57. The molecule has 0 bridgehead atoms. The molecular weight excluding hydrogens is 338 g/mol. The molecule has 2 atom stereocenters. The Hall–Kier alpha value is -2.54. The monoisotopic (exact) mass is 365 g/mol. The highest BCUT2D eigenvalue weighted by Gasteiger charge is 2.29. The second-order valence-corrected chi connectivity index (χ2v) is 5.92. The van der Waals surface area contributed by atoms with Gasteiger partial charge in [0.05, 0.1) is 26.5 Å². The van der Waals surface area contributed by atoms with Crippen LogP contribution in [0, 0.1) is 5.92 Å². The second kappa shape index (κ2) is 10.5. The molecule has 0 aliphatic carbocycles. The summed E-state index contributed by atoms with van der Waals surface area (Å²) in [6.07, 6.45) is -0.228. The lowest BCUT2D eigenvalue weighted by Crippen LogP contribution is -2.39. The standard InChI is InChI=1S/C19H27NO6/c1-7-10-25-13(4)19(22)26-17(12(2)3)18(21)20-15-9-8-14(23-5)11-16(15)24-6/h7-9,11-13,17H,1,10H2,2-6H3,(H,20,21). The molecule has 0 aliphatic rings. The number of esters is 1. The number of hydrogen-bond acceptors (Lipinski definition) is 6. The minimum Gasteiger partial charge on any atom is -0.497 e. The van der Waals surface area contributed by atoms with Crippen LogP contribution < -0.4 is 14.8 Å². The number of anilines is 1. The molecule has 0 saturated carbocycles. The number of hydrogen-bond donors (Lipinski definition) is 1. The zero-order chi connectivity index (χ0) is 19.7. The van der Waals surface area contributed by atoms with Crippen LogP contribution in [0.25, 0.3) is 0 Å². The predicted molar refractivity (Wildman–Crippen MR) is 98.5 cm³/mol. The third-order valence-corrected chi connectivity index (χ3v) is 3.57. The van der Waals surface area contributed by atoms with Gasteiger partial charge < -0.3 is 24.3 Å². The Kier molecular flexibility index (Phi) is 8.64. The summed E-state index contributed by atoms with van der Waals surface area (Å²) in [6.45, 7) is 8.89. The Bertz CT molecular complexity index is 628. The lowest BCUT2D eigenvalue weighted by atomic mass is 10.1. The van der Waals surface area contributed by atoms with E-state index in [1.54, 1.807) is 39.0 Å². The highest BCUT2D eigenvalue weighted by molar-refractivity contribution is 5.97. The summed E-state index contributed by atoms with van der Waals surface area (Å²) in [5.74, 6) is -0.251. The first-order valence-electron chi connectivity index (χ1n) is 8.29. The van der Waals surface area contributed by atoms with Gasteiger partial charge in [0, 0.05) is 6.07 Å². The summed E-state index contributed by atoms with van der Waals surface area (Å²) in [4.78, 5) is 24.7. The molecule has 144 valence electrons. The number of benzene rings is 1. The zero-order valence-corrected chi connectivity index (χ0v) is 15.9. The molecule has 7 heteroatoms. The molecule has 7 nitrogen and oxygen atoms in total. The van der Waals surface area contributed by atoms with Gasteiger partial charge in [-0.05, 0) is 25.0 Å². The van der Waals surface area contributed by atoms with E-state index in [2.05, 4.69) is 11.9 Å². The van der Waals surface area contributed by atoms with Gasteiger partial charge in [-0.25, -0.2) is 4.79 Å². The summed E-state index contributed by atoms with van der Waals surface area (Å²) < 4.78 is 21.0. The number of rotatable bonds is 10. The van der Waals surface area contributed by atoms with Crippen molar-refractivity contribution in [3.8, 4) is 11.5 Å². The Morgan fingerprint density at radius 2 is 1.88 bits per heavy atom. The topological polar surface area (TPSA) is 83.1 Å². The van der Waals surface area contributed by atoms with Crippen LogP contribution in [-0.4, -0.2) is 44.9 Å². The molecule has 0 saturated heterocycles. The minimum absolute atomic E-state index is 0.220. The van der Waals surface area contributed by atoms with Crippen LogP contribution in [-0.2, 0) is 19.1 Å². The van der Waals surface area contributed by atoms with Crippen molar-refractivity contribution < 1.29 is 28.5 Å². The molecule has 0 fully saturated rings. The quantitative estimate of drug-likeness (QED) is 0.507. The molecule has 1 aromatic carbocycles. The van der Waals surface area contributed by atoms with Gasteiger partial charge in [0.15, 0.2) is 12.2 Å². The van der Waals surface area contributed by atoms with E-state index in [1.165, 1.54) is 20.3 Å². The fourth-order valence-electron chi connectivity index (χ4n) is 2.10. The van der Waals surface area contributed by atoms with Crippen LogP contribution in [0.4, 0.5) is 5.69 Å². The van der Waals surface area contributed by atoms with Crippen molar-refractivity contribution in [2.75, 3.05) is 26.1 Å². The molecule has 0 aromatic heterocycles. The molecule has 0 radical (unpaired) electrons. The number of nitrogens with one attached hydrogen (secondary N) is 1. The molecule has 0 aliphatic heterocycles. The molecular formula is C19H27NO6. The number of carbonyl (C=O) groups excluding carboxylic acids is 2. The Balaban J connectivity index is 2.86. The van der Waals surface area contributed by atoms with Crippen LogP contribution in [0.5, 0.6) is 11.5 Å². The van der Waals surface area contributed by atoms with Crippen LogP contribution in [0.2, 0.25) is 0 Å². The van der Waals surface area contributed by atoms with Crippen LogP contribution >= 0.6 is 0 Å². The van der Waals surface area contributed by atoms with Crippen molar-refractivity contribution >= 4 is 17.6 Å². The van der Waals surface area contributed by atoms with Gasteiger partial charge >= 0.3 is 5.97 Å². The van der Waals surface area contributed by atoms with Crippen molar-refractivity contribution in [3.63, 3.8) is 0 Å². The minimum atomic E-state index is -0.968. The number of carbonyl (C=O) groups is 2. The van der Waals surface area contributed by atoms with Crippen molar-refractivity contribution in [3.05, 3.63) is 30.9 Å². The SMILES string of the molecule is C=CCOC(C)C(=O)OC(C(=O)Nc1ccc(OC)cc1OC)C(C)C. The van der Waals surface area contributed by atoms with Crippen molar-refractivity contribution in [2.45, 2.75) is 33.0 Å². The first-order chi connectivity index (χ1) is 12.3. The lowest BCUT2D eigenvalue weighted by Gasteiger charge is -2.23. The summed E-state index contributed by atoms with van der Waals surface area (Å²) >= 11 is 0. The normalized spacial score (nSPS) is 12.8. The summed E-state index contributed by atoms with van der Waals surface area (Å²) in [6, 6.07) is 5.00. The smallest absolute Gasteiger partial charge is 0.335 e. The van der Waals surface area contributed by atoms with Crippen LogP contribution in [0.3, 0.4) is 0 Å². The summed E-state index contributed by atoms with van der Waals surface area (Å²) in [7, 11) is 3.03. The molecule has 26 heavy (non-hydrogen) atoms. The number of amides is 1. The van der Waals surface area contributed by atoms with Crippen LogP contribution in [0.1, 0.15) is 20.8 Å². The maximum Gasteiger partial charge on any atom is 0.335 e. The van der Waals surface area contributed by atoms with Gasteiger partial charge in [-0.2, -0.15) is 0 Å². The average molecular weight is 365 g/mol. The zero-order valence-electron chi connectivity index (χ0n) is 15.9. The maximum atomic E-state index is 12.6. The molecule has 0 heterocycles. The average Bonchev–Trinajstić information content (AvgIpc) is 2.63. The lowest BCUT2D eigenvalue weighted by molar-refractivity contribution is -0.166. The van der Waals surface area contributed by atoms with Crippen molar-refractivity contribution in [1.29, 1.82) is 0 Å². The number of methoxy groups -OCH3 is 2. The van der Waals surface area contributed by atoms with Gasteiger partial charge in [-0.15, -0.1) is 6.58 Å². The fourth-order valence-corrected chi connectivity index (χ4v) is 2.10. The molecule has 0 spiro atoms. The molecule has 1 aromatic rings. The van der Waals surface area contributed by atoms with Crippen molar-refractivity contribution in [2.24, 2.45) is 5.92 Å². The molecule has 1 rings (SSSR count).